The van der Waals surface area contributed by atoms with Crippen molar-refractivity contribution in [2.24, 2.45) is 5.92 Å². The minimum atomic E-state index is -0.810. The van der Waals surface area contributed by atoms with Crippen LogP contribution in [0.1, 0.15) is 39.2 Å². The lowest BCUT2D eigenvalue weighted by molar-refractivity contribution is -0.137. The fraction of sp³-hybridized carbons (Fsp3) is 0.500. The van der Waals surface area contributed by atoms with Gasteiger partial charge in [-0.25, -0.2) is 0 Å². The molecule has 0 radical (unpaired) electrons. The van der Waals surface area contributed by atoms with Crippen molar-refractivity contribution in [1.82, 2.24) is 5.32 Å². The molecule has 1 aromatic carbocycles. The van der Waals surface area contributed by atoms with Gasteiger partial charge < -0.3 is 16.2 Å². The molecular formula is C16H24N2O3. The zero-order chi connectivity index (χ0) is 16.0. The number of carbonyl (C=O) groups excluding carboxylic acids is 1. The number of aliphatic carboxylic acids is 1. The van der Waals surface area contributed by atoms with E-state index < -0.39 is 11.4 Å². The maximum absolute atomic E-state index is 12.3. The van der Waals surface area contributed by atoms with Crippen molar-refractivity contribution >= 4 is 17.6 Å². The van der Waals surface area contributed by atoms with Gasteiger partial charge in [0, 0.05) is 18.7 Å². The van der Waals surface area contributed by atoms with E-state index in [4.69, 9.17) is 10.8 Å². The molecule has 21 heavy (non-hydrogen) atoms. The third-order valence-electron chi connectivity index (χ3n) is 3.66. The van der Waals surface area contributed by atoms with Gasteiger partial charge in [-0.15, -0.1) is 0 Å². The summed E-state index contributed by atoms with van der Waals surface area (Å²) >= 11 is 0. The smallest absolute Gasteiger partial charge is 0.303 e. The molecule has 0 spiro atoms. The molecule has 4 N–H and O–H groups in total. The van der Waals surface area contributed by atoms with Crippen LogP contribution in [0.4, 0.5) is 5.69 Å². The number of amides is 1. The molecule has 116 valence electrons. The summed E-state index contributed by atoms with van der Waals surface area (Å²) in [5.41, 5.74) is 6.56. The summed E-state index contributed by atoms with van der Waals surface area (Å²) in [7, 11) is 0. The minimum absolute atomic E-state index is 0.0746. The number of benzene rings is 1. The Labute approximate surface area is 125 Å². The number of hydrogen-bond acceptors (Lipinski definition) is 3. The van der Waals surface area contributed by atoms with E-state index in [0.29, 0.717) is 18.7 Å². The van der Waals surface area contributed by atoms with Crippen molar-refractivity contribution < 1.29 is 14.7 Å². The van der Waals surface area contributed by atoms with Gasteiger partial charge in [0.05, 0.1) is 5.41 Å². The fourth-order valence-corrected chi connectivity index (χ4v) is 1.99. The van der Waals surface area contributed by atoms with Crippen molar-refractivity contribution in [2.45, 2.75) is 39.0 Å². The molecule has 5 heteroatoms. The van der Waals surface area contributed by atoms with Crippen molar-refractivity contribution in [3.8, 4) is 0 Å². The van der Waals surface area contributed by atoms with Crippen LogP contribution in [0.2, 0.25) is 0 Å². The van der Waals surface area contributed by atoms with Crippen molar-refractivity contribution in [2.75, 3.05) is 12.3 Å². The van der Waals surface area contributed by atoms with E-state index in [1.54, 1.807) is 12.1 Å². The highest BCUT2D eigenvalue weighted by Crippen LogP contribution is 2.24. The number of anilines is 1. The molecule has 0 aromatic heterocycles. The highest BCUT2D eigenvalue weighted by atomic mass is 16.4. The third-order valence-corrected chi connectivity index (χ3v) is 3.66. The van der Waals surface area contributed by atoms with Crippen LogP contribution < -0.4 is 11.1 Å². The first kappa shape index (κ1) is 17.0. The van der Waals surface area contributed by atoms with Gasteiger partial charge in [-0.05, 0) is 43.9 Å². The van der Waals surface area contributed by atoms with Gasteiger partial charge in [0.25, 0.3) is 0 Å². The quantitative estimate of drug-likeness (QED) is 0.671. The van der Waals surface area contributed by atoms with Crippen molar-refractivity contribution in [3.63, 3.8) is 0 Å². The molecule has 0 aliphatic heterocycles. The molecule has 0 saturated carbocycles. The molecule has 1 rings (SSSR count). The van der Waals surface area contributed by atoms with Crippen molar-refractivity contribution in [1.29, 1.82) is 0 Å². The predicted octanol–water partition coefficient (Wildman–Crippen LogP) is 2.16. The van der Waals surface area contributed by atoms with Gasteiger partial charge in [0.1, 0.15) is 0 Å². The second kappa shape index (κ2) is 7.11. The first-order valence-electron chi connectivity index (χ1n) is 7.09. The standard InChI is InChI=1S/C16H24N2O3/c1-11(4-9-14(19)20)10-18-15(21)16(2,3)12-5-7-13(17)8-6-12/h5-8,11H,4,9-10,17H2,1-3H3,(H,18,21)(H,19,20). The fourth-order valence-electron chi connectivity index (χ4n) is 1.99. The summed E-state index contributed by atoms with van der Waals surface area (Å²) in [6, 6.07) is 7.26. The van der Waals surface area contributed by atoms with Crippen LogP contribution in [-0.4, -0.2) is 23.5 Å². The van der Waals surface area contributed by atoms with Crippen LogP contribution in [0.15, 0.2) is 24.3 Å². The van der Waals surface area contributed by atoms with E-state index in [0.717, 1.165) is 5.56 Å². The molecule has 1 unspecified atom stereocenters. The molecule has 0 aliphatic rings. The Morgan fingerprint density at radius 2 is 1.86 bits per heavy atom. The zero-order valence-electron chi connectivity index (χ0n) is 12.8. The zero-order valence-corrected chi connectivity index (χ0v) is 12.8. The third kappa shape index (κ3) is 5.10. The second-order valence-corrected chi connectivity index (χ2v) is 5.99. The molecular weight excluding hydrogens is 268 g/mol. The molecule has 5 nitrogen and oxygen atoms in total. The highest BCUT2D eigenvalue weighted by Gasteiger charge is 2.29. The summed E-state index contributed by atoms with van der Waals surface area (Å²) in [5, 5.41) is 11.5. The summed E-state index contributed by atoms with van der Waals surface area (Å²) < 4.78 is 0. The van der Waals surface area contributed by atoms with Crippen LogP contribution in [0.25, 0.3) is 0 Å². The Bertz CT molecular complexity index is 495. The van der Waals surface area contributed by atoms with E-state index in [-0.39, 0.29) is 18.2 Å². The lowest BCUT2D eigenvalue weighted by Crippen LogP contribution is -2.41. The van der Waals surface area contributed by atoms with E-state index in [2.05, 4.69) is 5.32 Å². The normalized spacial score (nSPS) is 12.7. The number of nitrogen functional groups attached to an aromatic ring is 1. The van der Waals surface area contributed by atoms with Gasteiger partial charge in [0.2, 0.25) is 5.91 Å². The van der Waals surface area contributed by atoms with Gasteiger partial charge in [0.15, 0.2) is 0 Å². The van der Waals surface area contributed by atoms with Gasteiger partial charge >= 0.3 is 5.97 Å². The van der Waals surface area contributed by atoms with E-state index in [9.17, 15) is 9.59 Å². The van der Waals surface area contributed by atoms with Crippen LogP contribution in [-0.2, 0) is 15.0 Å². The number of carboxylic acids is 1. The second-order valence-electron chi connectivity index (χ2n) is 5.99. The number of carboxylic acid groups (broad SMARTS) is 1. The van der Waals surface area contributed by atoms with Gasteiger partial charge in [-0.1, -0.05) is 19.1 Å². The SMILES string of the molecule is CC(CCC(=O)O)CNC(=O)C(C)(C)c1ccc(N)cc1. The van der Waals surface area contributed by atoms with Crippen LogP contribution in [0.3, 0.4) is 0 Å². The first-order chi connectivity index (χ1) is 9.73. The molecule has 1 atom stereocenters. The number of nitrogens with two attached hydrogens (primary N) is 1. The molecule has 1 amide bonds. The lowest BCUT2D eigenvalue weighted by Gasteiger charge is -2.25. The molecule has 0 saturated heterocycles. The van der Waals surface area contributed by atoms with E-state index in [1.165, 1.54) is 0 Å². The minimum Gasteiger partial charge on any atom is -0.481 e. The van der Waals surface area contributed by atoms with Gasteiger partial charge in [-0.3, -0.25) is 9.59 Å². The predicted molar refractivity (Wildman–Crippen MR) is 82.9 cm³/mol. The Balaban J connectivity index is 2.57. The Morgan fingerprint density at radius 3 is 2.38 bits per heavy atom. The number of nitrogens with one attached hydrogen (secondary N) is 1. The number of carbonyl (C=O) groups is 2. The number of hydrogen-bond donors (Lipinski definition) is 3. The topological polar surface area (TPSA) is 92.4 Å². The van der Waals surface area contributed by atoms with Crippen LogP contribution in [0, 0.1) is 5.92 Å². The van der Waals surface area contributed by atoms with Crippen LogP contribution in [0.5, 0.6) is 0 Å². The molecule has 0 fully saturated rings. The Hall–Kier alpha value is -2.04. The largest absolute Gasteiger partial charge is 0.481 e. The van der Waals surface area contributed by atoms with Crippen LogP contribution >= 0.6 is 0 Å². The average Bonchev–Trinajstić information content (AvgIpc) is 2.42. The van der Waals surface area contributed by atoms with E-state index in [1.807, 2.05) is 32.9 Å². The summed E-state index contributed by atoms with van der Waals surface area (Å²) in [6.07, 6.45) is 0.677. The summed E-state index contributed by atoms with van der Waals surface area (Å²) in [4.78, 5) is 22.9. The lowest BCUT2D eigenvalue weighted by atomic mass is 9.83. The summed E-state index contributed by atoms with van der Waals surface area (Å²) in [6.45, 7) is 6.12. The van der Waals surface area contributed by atoms with Gasteiger partial charge in [-0.2, -0.15) is 0 Å². The maximum Gasteiger partial charge on any atom is 0.303 e. The van der Waals surface area contributed by atoms with Crippen molar-refractivity contribution in [3.05, 3.63) is 29.8 Å². The highest BCUT2D eigenvalue weighted by molar-refractivity contribution is 5.87. The Morgan fingerprint density at radius 1 is 1.29 bits per heavy atom. The molecule has 0 aliphatic carbocycles. The molecule has 0 heterocycles. The monoisotopic (exact) mass is 292 g/mol. The number of rotatable bonds is 7. The first-order valence-corrected chi connectivity index (χ1v) is 7.09. The Kier molecular flexibility index (Phi) is 5.76. The van der Waals surface area contributed by atoms with E-state index >= 15 is 0 Å². The molecule has 0 bridgehead atoms. The maximum atomic E-state index is 12.3. The molecule has 1 aromatic rings. The average molecular weight is 292 g/mol. The summed E-state index contributed by atoms with van der Waals surface area (Å²) in [5.74, 6) is -0.753.